The van der Waals surface area contributed by atoms with Crippen molar-refractivity contribution in [1.82, 2.24) is 9.80 Å². The number of nitro benzene ring substituents is 1. The molecule has 0 unspecified atom stereocenters. The highest BCUT2D eigenvalue weighted by Gasteiger charge is 2.27. The Labute approximate surface area is 135 Å². The van der Waals surface area contributed by atoms with E-state index in [0.29, 0.717) is 37.3 Å². The predicted molar refractivity (Wildman–Crippen MR) is 85.2 cm³/mol. The van der Waals surface area contributed by atoms with Gasteiger partial charge in [0.05, 0.1) is 4.92 Å². The zero-order valence-corrected chi connectivity index (χ0v) is 13.6. The van der Waals surface area contributed by atoms with Crippen molar-refractivity contribution in [3.63, 3.8) is 0 Å². The minimum Gasteiger partial charge on any atom is -0.339 e. The van der Waals surface area contributed by atoms with Crippen molar-refractivity contribution in [2.24, 2.45) is 5.92 Å². The van der Waals surface area contributed by atoms with Crippen LogP contribution in [-0.4, -0.2) is 52.7 Å². The molecule has 1 aromatic rings. The Morgan fingerprint density at radius 3 is 2.22 bits per heavy atom. The summed E-state index contributed by atoms with van der Waals surface area (Å²) in [5.74, 6) is -0.192. The highest BCUT2D eigenvalue weighted by atomic mass is 16.6. The third kappa shape index (κ3) is 3.49. The summed E-state index contributed by atoms with van der Waals surface area (Å²) in [5.41, 5.74) is 0.676. The van der Waals surface area contributed by atoms with Gasteiger partial charge in [-0.25, -0.2) is 0 Å². The largest absolute Gasteiger partial charge is 0.339 e. The van der Waals surface area contributed by atoms with Crippen molar-refractivity contribution < 1.29 is 14.5 Å². The molecule has 1 aliphatic heterocycles. The lowest BCUT2D eigenvalue weighted by molar-refractivity contribution is -0.385. The molecule has 0 radical (unpaired) electrons. The first-order chi connectivity index (χ1) is 10.8. The molecule has 1 aromatic carbocycles. The zero-order chi connectivity index (χ0) is 17.1. The van der Waals surface area contributed by atoms with Crippen molar-refractivity contribution in [3.05, 3.63) is 39.4 Å². The molecule has 2 rings (SSSR count). The highest BCUT2D eigenvalue weighted by Crippen LogP contribution is 2.22. The van der Waals surface area contributed by atoms with Crippen molar-refractivity contribution in [3.8, 4) is 0 Å². The molecule has 1 aliphatic rings. The van der Waals surface area contributed by atoms with Gasteiger partial charge in [-0.2, -0.15) is 0 Å². The molecule has 0 atom stereocenters. The third-order valence-corrected chi connectivity index (χ3v) is 4.10. The second-order valence-corrected chi connectivity index (χ2v) is 5.98. The number of benzene rings is 1. The van der Waals surface area contributed by atoms with Crippen LogP contribution in [0, 0.1) is 23.0 Å². The van der Waals surface area contributed by atoms with E-state index in [1.54, 1.807) is 22.8 Å². The van der Waals surface area contributed by atoms with Crippen molar-refractivity contribution in [1.29, 1.82) is 0 Å². The summed E-state index contributed by atoms with van der Waals surface area (Å²) in [6.45, 7) is 7.18. The summed E-state index contributed by atoms with van der Waals surface area (Å²) in [6, 6.07) is 4.53. The number of carbonyl (C=O) groups is 2. The van der Waals surface area contributed by atoms with E-state index in [2.05, 4.69) is 0 Å². The maximum atomic E-state index is 12.6. The fraction of sp³-hybridized carbons (Fsp3) is 0.500. The SMILES string of the molecule is Cc1c(C(=O)N2CCN(C(=O)C(C)C)CC2)cccc1[N+](=O)[O-]. The van der Waals surface area contributed by atoms with Crippen molar-refractivity contribution in [2.75, 3.05) is 26.2 Å². The molecule has 0 bridgehead atoms. The highest BCUT2D eigenvalue weighted by molar-refractivity contribution is 5.96. The second kappa shape index (κ2) is 6.76. The molecular formula is C16H21N3O4. The Morgan fingerprint density at radius 2 is 1.70 bits per heavy atom. The molecule has 1 heterocycles. The van der Waals surface area contributed by atoms with Gasteiger partial charge < -0.3 is 9.80 Å². The van der Waals surface area contributed by atoms with Gasteiger partial charge in [0.2, 0.25) is 5.91 Å². The van der Waals surface area contributed by atoms with Crippen LogP contribution in [0.15, 0.2) is 18.2 Å². The normalized spacial score (nSPS) is 15.0. The Bertz CT molecular complexity index is 634. The maximum Gasteiger partial charge on any atom is 0.273 e. The molecule has 2 amide bonds. The number of hydrogen-bond acceptors (Lipinski definition) is 4. The lowest BCUT2D eigenvalue weighted by Crippen LogP contribution is -2.51. The van der Waals surface area contributed by atoms with Gasteiger partial charge in [-0.05, 0) is 13.0 Å². The lowest BCUT2D eigenvalue weighted by atomic mass is 10.0. The fourth-order valence-corrected chi connectivity index (χ4v) is 2.72. The predicted octanol–water partition coefficient (Wildman–Crippen LogP) is 1.84. The summed E-state index contributed by atoms with van der Waals surface area (Å²) < 4.78 is 0. The molecule has 7 heteroatoms. The van der Waals surface area contributed by atoms with Gasteiger partial charge in [0.15, 0.2) is 0 Å². The number of amides is 2. The number of piperazine rings is 1. The molecule has 124 valence electrons. The third-order valence-electron chi connectivity index (χ3n) is 4.10. The molecule has 0 aromatic heterocycles. The van der Waals surface area contributed by atoms with E-state index in [1.165, 1.54) is 12.1 Å². The van der Waals surface area contributed by atoms with Crippen LogP contribution in [0.4, 0.5) is 5.69 Å². The van der Waals surface area contributed by atoms with E-state index in [1.807, 2.05) is 13.8 Å². The van der Waals surface area contributed by atoms with E-state index in [0.717, 1.165) is 0 Å². The molecule has 0 spiro atoms. The van der Waals surface area contributed by atoms with Crippen LogP contribution < -0.4 is 0 Å². The number of hydrogen-bond donors (Lipinski definition) is 0. The number of carbonyl (C=O) groups excluding carboxylic acids is 2. The summed E-state index contributed by atoms with van der Waals surface area (Å²) in [4.78, 5) is 38.5. The van der Waals surface area contributed by atoms with Crippen LogP contribution in [-0.2, 0) is 4.79 Å². The van der Waals surface area contributed by atoms with Gasteiger partial charge in [-0.1, -0.05) is 19.9 Å². The first-order valence-corrected chi connectivity index (χ1v) is 7.65. The maximum absolute atomic E-state index is 12.6. The second-order valence-electron chi connectivity index (χ2n) is 5.98. The quantitative estimate of drug-likeness (QED) is 0.628. The minimum atomic E-state index is -0.481. The van der Waals surface area contributed by atoms with E-state index in [4.69, 9.17) is 0 Å². The van der Waals surface area contributed by atoms with E-state index >= 15 is 0 Å². The first-order valence-electron chi connectivity index (χ1n) is 7.65. The first kappa shape index (κ1) is 16.9. The molecule has 0 aliphatic carbocycles. The van der Waals surface area contributed by atoms with E-state index < -0.39 is 4.92 Å². The van der Waals surface area contributed by atoms with Gasteiger partial charge >= 0.3 is 0 Å². The Balaban J connectivity index is 2.10. The Hall–Kier alpha value is -2.44. The summed E-state index contributed by atoms with van der Waals surface area (Å²) in [5, 5.41) is 11.0. The van der Waals surface area contributed by atoms with Crippen LogP contribution >= 0.6 is 0 Å². The van der Waals surface area contributed by atoms with Gasteiger partial charge in [0.1, 0.15) is 0 Å². The zero-order valence-electron chi connectivity index (χ0n) is 13.6. The number of nitrogens with zero attached hydrogens (tertiary/aromatic N) is 3. The Morgan fingerprint density at radius 1 is 1.13 bits per heavy atom. The van der Waals surface area contributed by atoms with E-state index in [9.17, 15) is 19.7 Å². The van der Waals surface area contributed by atoms with Crippen molar-refractivity contribution in [2.45, 2.75) is 20.8 Å². The van der Waals surface area contributed by atoms with Crippen LogP contribution in [0.5, 0.6) is 0 Å². The van der Waals surface area contributed by atoms with Gasteiger partial charge in [-0.15, -0.1) is 0 Å². The average molecular weight is 319 g/mol. The molecule has 0 saturated carbocycles. The average Bonchev–Trinajstić information content (AvgIpc) is 2.53. The monoisotopic (exact) mass is 319 g/mol. The summed E-state index contributed by atoms with van der Waals surface area (Å²) >= 11 is 0. The van der Waals surface area contributed by atoms with Gasteiger partial charge in [0, 0.05) is 49.3 Å². The van der Waals surface area contributed by atoms with Gasteiger partial charge in [0.25, 0.3) is 11.6 Å². The standard InChI is InChI=1S/C16H21N3O4/c1-11(2)15(20)17-7-9-18(10-8-17)16(21)13-5-4-6-14(12(13)3)19(22)23/h4-6,11H,7-10H2,1-3H3. The molecule has 1 fully saturated rings. The van der Waals surface area contributed by atoms with Crippen LogP contribution in [0.3, 0.4) is 0 Å². The van der Waals surface area contributed by atoms with Crippen molar-refractivity contribution >= 4 is 17.5 Å². The fourth-order valence-electron chi connectivity index (χ4n) is 2.72. The van der Waals surface area contributed by atoms with Gasteiger partial charge in [-0.3, -0.25) is 19.7 Å². The minimum absolute atomic E-state index is 0.0514. The molecular weight excluding hydrogens is 298 g/mol. The number of nitro groups is 1. The summed E-state index contributed by atoms with van der Waals surface area (Å²) in [6.07, 6.45) is 0. The smallest absolute Gasteiger partial charge is 0.273 e. The summed E-state index contributed by atoms with van der Waals surface area (Å²) in [7, 11) is 0. The topological polar surface area (TPSA) is 83.8 Å². The van der Waals surface area contributed by atoms with E-state index in [-0.39, 0.29) is 23.4 Å². The lowest BCUT2D eigenvalue weighted by Gasteiger charge is -2.35. The van der Waals surface area contributed by atoms with Crippen LogP contribution in [0.2, 0.25) is 0 Å². The molecule has 23 heavy (non-hydrogen) atoms. The van der Waals surface area contributed by atoms with Crippen LogP contribution in [0.1, 0.15) is 29.8 Å². The molecule has 0 N–H and O–H groups in total. The number of rotatable bonds is 3. The Kier molecular flexibility index (Phi) is 4.98. The van der Waals surface area contributed by atoms with Crippen LogP contribution in [0.25, 0.3) is 0 Å². The molecule has 7 nitrogen and oxygen atoms in total. The molecule has 1 saturated heterocycles.